The van der Waals surface area contributed by atoms with Crippen LogP contribution in [-0.4, -0.2) is 35.7 Å². The lowest BCUT2D eigenvalue weighted by Crippen LogP contribution is -2.44. The molecule has 28 heavy (non-hydrogen) atoms. The molecule has 0 atom stereocenters. The zero-order chi connectivity index (χ0) is 19.7. The highest BCUT2D eigenvalue weighted by Crippen LogP contribution is 2.39. The van der Waals surface area contributed by atoms with Gasteiger partial charge in [0.05, 0.1) is 4.92 Å². The van der Waals surface area contributed by atoms with Gasteiger partial charge in [-0.1, -0.05) is 6.07 Å². The van der Waals surface area contributed by atoms with E-state index in [4.69, 9.17) is 9.47 Å². The smallest absolute Gasteiger partial charge is 0.348 e. The van der Waals surface area contributed by atoms with Crippen LogP contribution in [0.15, 0.2) is 23.8 Å². The molecule has 3 aliphatic rings. The van der Waals surface area contributed by atoms with Crippen LogP contribution in [0.1, 0.15) is 50.5 Å². The molecule has 3 fully saturated rings. The van der Waals surface area contributed by atoms with Gasteiger partial charge in [-0.3, -0.25) is 10.1 Å². The van der Waals surface area contributed by atoms with Crippen LogP contribution < -0.4 is 4.90 Å². The highest BCUT2D eigenvalue weighted by Gasteiger charge is 2.47. The first-order valence-corrected chi connectivity index (χ1v) is 9.69. The number of carbonyl (C=O) groups is 2. The summed E-state index contributed by atoms with van der Waals surface area (Å²) in [5, 5.41) is 11.6. The van der Waals surface area contributed by atoms with Crippen LogP contribution in [-0.2, 0) is 19.1 Å². The molecule has 8 heteroatoms. The number of rotatable bonds is 3. The number of benzene rings is 1. The van der Waals surface area contributed by atoms with Crippen LogP contribution >= 0.6 is 0 Å². The van der Waals surface area contributed by atoms with Crippen molar-refractivity contribution in [3.8, 4) is 0 Å². The van der Waals surface area contributed by atoms with Crippen molar-refractivity contribution >= 4 is 29.4 Å². The predicted octanol–water partition coefficient (Wildman–Crippen LogP) is 3.34. The van der Waals surface area contributed by atoms with E-state index in [9.17, 15) is 19.7 Å². The van der Waals surface area contributed by atoms with E-state index < -0.39 is 22.6 Å². The lowest BCUT2D eigenvalue weighted by atomic mass is 10.1. The third kappa shape index (κ3) is 3.46. The van der Waals surface area contributed by atoms with E-state index in [2.05, 4.69) is 0 Å². The number of hydrogen-bond donors (Lipinski definition) is 0. The Bertz CT molecular complexity index is 828. The molecule has 0 amide bonds. The molecule has 1 spiro atoms. The monoisotopic (exact) mass is 386 g/mol. The molecule has 2 heterocycles. The van der Waals surface area contributed by atoms with Crippen molar-refractivity contribution in [2.45, 2.75) is 50.7 Å². The quantitative estimate of drug-likeness (QED) is 0.258. The van der Waals surface area contributed by atoms with E-state index in [0.29, 0.717) is 24.1 Å². The molecule has 148 valence electrons. The van der Waals surface area contributed by atoms with Crippen molar-refractivity contribution < 1.29 is 24.0 Å². The van der Waals surface area contributed by atoms with Gasteiger partial charge in [0.25, 0.3) is 11.5 Å². The van der Waals surface area contributed by atoms with Crippen molar-refractivity contribution in [1.82, 2.24) is 0 Å². The van der Waals surface area contributed by atoms with Crippen LogP contribution in [0.2, 0.25) is 0 Å². The number of nitro benzene ring substituents is 1. The summed E-state index contributed by atoms with van der Waals surface area (Å²) in [6, 6.07) is 4.73. The predicted molar refractivity (Wildman–Crippen MR) is 101 cm³/mol. The lowest BCUT2D eigenvalue weighted by Gasteiger charge is -2.32. The fourth-order valence-corrected chi connectivity index (χ4v) is 4.13. The van der Waals surface area contributed by atoms with E-state index in [1.807, 2.05) is 4.90 Å². The molecule has 1 saturated carbocycles. The van der Waals surface area contributed by atoms with Gasteiger partial charge in [-0.15, -0.1) is 0 Å². The molecule has 1 aliphatic carbocycles. The Kier molecular flexibility index (Phi) is 4.78. The van der Waals surface area contributed by atoms with Gasteiger partial charge in [0.15, 0.2) is 0 Å². The van der Waals surface area contributed by atoms with Gasteiger partial charge in [0.2, 0.25) is 0 Å². The Hall–Kier alpha value is -2.90. The molecule has 1 aromatic carbocycles. The largest absolute Gasteiger partial charge is 0.419 e. The van der Waals surface area contributed by atoms with Crippen LogP contribution in [0.3, 0.4) is 0 Å². The Balaban J connectivity index is 1.62. The molecular formula is C20H22N2O6. The molecule has 0 N–H and O–H groups in total. The minimum Gasteiger partial charge on any atom is -0.419 e. The molecule has 1 aromatic rings. The van der Waals surface area contributed by atoms with Gasteiger partial charge in [0, 0.05) is 32.0 Å². The van der Waals surface area contributed by atoms with Gasteiger partial charge in [-0.25, -0.2) is 9.59 Å². The molecule has 0 bridgehead atoms. The van der Waals surface area contributed by atoms with E-state index in [1.165, 1.54) is 12.1 Å². The number of ether oxygens (including phenoxy) is 2. The average Bonchev–Trinajstić information content (AvgIpc) is 3.12. The standard InChI is InChI=1S/C20H22N2O6/c23-18-15(19(24)28-20(27-18)8-2-3-9-20)12-14-6-7-16(17(13-14)22(25)26)21-10-4-1-5-11-21/h6-7,12-13H,1-5,8-11H2. The Morgan fingerprint density at radius 1 is 1.00 bits per heavy atom. The maximum atomic E-state index is 12.4. The van der Waals surface area contributed by atoms with Crippen LogP contribution in [0.4, 0.5) is 11.4 Å². The van der Waals surface area contributed by atoms with Gasteiger partial charge in [-0.05, 0) is 49.8 Å². The maximum Gasteiger partial charge on any atom is 0.348 e. The Morgan fingerprint density at radius 2 is 1.64 bits per heavy atom. The summed E-state index contributed by atoms with van der Waals surface area (Å²) >= 11 is 0. The SMILES string of the molecule is O=C1OC2(CCCC2)OC(=O)C1=Cc1ccc(N2CCCCC2)c([N+](=O)[O-])c1. The minimum absolute atomic E-state index is 0.0407. The van der Waals surface area contributed by atoms with Crippen LogP contribution in [0.5, 0.6) is 0 Å². The lowest BCUT2D eigenvalue weighted by molar-refractivity contribution is -0.384. The van der Waals surface area contributed by atoms with E-state index >= 15 is 0 Å². The molecule has 2 aliphatic heterocycles. The second-order valence-electron chi connectivity index (χ2n) is 7.51. The van der Waals surface area contributed by atoms with Crippen molar-refractivity contribution in [3.63, 3.8) is 0 Å². The molecular weight excluding hydrogens is 364 g/mol. The second-order valence-corrected chi connectivity index (χ2v) is 7.51. The van der Waals surface area contributed by atoms with Crippen molar-refractivity contribution in [3.05, 3.63) is 39.4 Å². The molecule has 2 saturated heterocycles. The van der Waals surface area contributed by atoms with Gasteiger partial charge >= 0.3 is 11.9 Å². The average molecular weight is 386 g/mol. The van der Waals surface area contributed by atoms with Gasteiger partial charge < -0.3 is 14.4 Å². The molecule has 0 aromatic heterocycles. The normalized spacial score (nSPS) is 21.4. The highest BCUT2D eigenvalue weighted by molar-refractivity contribution is 6.19. The summed E-state index contributed by atoms with van der Waals surface area (Å²) in [5.74, 6) is -2.60. The third-order valence-electron chi connectivity index (χ3n) is 5.57. The summed E-state index contributed by atoms with van der Waals surface area (Å²) in [5.41, 5.74) is 0.669. The fourth-order valence-electron chi connectivity index (χ4n) is 4.13. The maximum absolute atomic E-state index is 12.4. The first-order valence-electron chi connectivity index (χ1n) is 9.69. The van der Waals surface area contributed by atoms with Crippen molar-refractivity contribution in [1.29, 1.82) is 0 Å². The summed E-state index contributed by atoms with van der Waals surface area (Å²) < 4.78 is 10.8. The number of anilines is 1. The second kappa shape index (κ2) is 7.26. The van der Waals surface area contributed by atoms with E-state index in [0.717, 1.165) is 45.2 Å². The zero-order valence-electron chi connectivity index (χ0n) is 15.5. The van der Waals surface area contributed by atoms with Crippen LogP contribution in [0, 0.1) is 10.1 Å². The summed E-state index contributed by atoms with van der Waals surface area (Å²) in [4.78, 5) is 37.9. The number of carbonyl (C=O) groups excluding carboxylic acids is 2. The highest BCUT2D eigenvalue weighted by atomic mass is 16.7. The zero-order valence-corrected chi connectivity index (χ0v) is 15.5. The summed E-state index contributed by atoms with van der Waals surface area (Å²) in [6.07, 6.45) is 7.12. The molecule has 0 radical (unpaired) electrons. The van der Waals surface area contributed by atoms with Gasteiger partial charge in [-0.2, -0.15) is 0 Å². The minimum atomic E-state index is -1.13. The topological polar surface area (TPSA) is 99.0 Å². The van der Waals surface area contributed by atoms with E-state index in [1.54, 1.807) is 12.1 Å². The van der Waals surface area contributed by atoms with Crippen LogP contribution in [0.25, 0.3) is 6.08 Å². The molecule has 0 unspecified atom stereocenters. The van der Waals surface area contributed by atoms with E-state index in [-0.39, 0.29) is 11.3 Å². The Morgan fingerprint density at radius 3 is 2.25 bits per heavy atom. The number of nitro groups is 1. The van der Waals surface area contributed by atoms with Gasteiger partial charge in [0.1, 0.15) is 11.3 Å². The fraction of sp³-hybridized carbons (Fsp3) is 0.500. The number of piperidine rings is 1. The molecule has 4 rings (SSSR count). The Labute approximate surface area is 162 Å². The summed E-state index contributed by atoms with van der Waals surface area (Å²) in [7, 11) is 0. The number of hydrogen-bond acceptors (Lipinski definition) is 7. The number of nitrogens with zero attached hydrogens (tertiary/aromatic N) is 2. The van der Waals surface area contributed by atoms with Crippen molar-refractivity contribution in [2.75, 3.05) is 18.0 Å². The van der Waals surface area contributed by atoms with Crippen molar-refractivity contribution in [2.24, 2.45) is 0 Å². The molecule has 8 nitrogen and oxygen atoms in total. The summed E-state index contributed by atoms with van der Waals surface area (Å²) in [6.45, 7) is 1.56. The first-order chi connectivity index (χ1) is 13.5. The third-order valence-corrected chi connectivity index (χ3v) is 5.57. The first kappa shape index (κ1) is 18.5. The number of esters is 2.